The summed E-state index contributed by atoms with van der Waals surface area (Å²) >= 11 is 0. The predicted molar refractivity (Wildman–Crippen MR) is 27.9 cm³/mol. The number of rotatable bonds is 0. The van der Waals surface area contributed by atoms with Crippen molar-refractivity contribution in [3.05, 3.63) is 0 Å². The summed E-state index contributed by atoms with van der Waals surface area (Å²) in [7, 11) is -3.12. The Morgan fingerprint density at radius 3 is 1.00 bits per heavy atom. The van der Waals surface area contributed by atoms with Gasteiger partial charge >= 0.3 is 37.8 Å². The zero-order chi connectivity index (χ0) is 3.58. The maximum Gasteiger partial charge on any atom is 1.00 e. The van der Waals surface area contributed by atoms with E-state index in [0.717, 1.165) is 0 Å². The van der Waals surface area contributed by atoms with Crippen molar-refractivity contribution in [2.75, 3.05) is 0 Å². The Labute approximate surface area is 79.7 Å². The number of hydrogen-bond acceptors (Lipinski definition) is 2. The SMILES string of the molecule is O.O.O.O.O.O=[P+]([O-])O.[Na+]. The minimum absolute atomic E-state index is 0. The quantitative estimate of drug-likeness (QED) is 0.292. The van der Waals surface area contributed by atoms with E-state index in [4.69, 9.17) is 14.4 Å². The molecule has 0 heterocycles. The first-order valence-electron chi connectivity index (χ1n) is 0.565. The van der Waals surface area contributed by atoms with Crippen LogP contribution in [0.1, 0.15) is 0 Å². The third kappa shape index (κ3) is 802. The summed E-state index contributed by atoms with van der Waals surface area (Å²) in [6.45, 7) is 0. The van der Waals surface area contributed by atoms with Crippen LogP contribution in [-0.4, -0.2) is 32.3 Å². The van der Waals surface area contributed by atoms with Gasteiger partial charge in [-0.3, -0.25) is 0 Å². The Morgan fingerprint density at radius 1 is 1.00 bits per heavy atom. The molecular weight excluding hydrogens is 182 g/mol. The molecule has 0 bridgehead atoms. The molecule has 10 heavy (non-hydrogen) atoms. The van der Waals surface area contributed by atoms with Crippen LogP contribution in [0, 0.1) is 0 Å². The van der Waals surface area contributed by atoms with Crippen LogP contribution in [0.3, 0.4) is 0 Å². The average Bonchev–Trinajstić information content (AvgIpc) is 0.811. The molecule has 0 amide bonds. The molecule has 0 radical (unpaired) electrons. The Hall–Kier alpha value is 0.820. The van der Waals surface area contributed by atoms with Crippen LogP contribution in [0.25, 0.3) is 0 Å². The van der Waals surface area contributed by atoms with Gasteiger partial charge in [-0.2, -0.15) is 4.89 Å². The number of hydrogen-bond donors (Lipinski definition) is 1. The van der Waals surface area contributed by atoms with Crippen molar-refractivity contribution in [1.82, 2.24) is 0 Å². The van der Waals surface area contributed by atoms with Crippen LogP contribution in [0.15, 0.2) is 0 Å². The summed E-state index contributed by atoms with van der Waals surface area (Å²) in [4.78, 5) is 15.6. The van der Waals surface area contributed by atoms with Gasteiger partial charge in [-0.05, 0) is 4.57 Å². The van der Waals surface area contributed by atoms with Gasteiger partial charge in [0, 0.05) is 0 Å². The van der Waals surface area contributed by atoms with Crippen LogP contribution >= 0.6 is 8.25 Å². The molecule has 0 aliphatic rings. The van der Waals surface area contributed by atoms with Crippen molar-refractivity contribution < 1.29 is 71.3 Å². The van der Waals surface area contributed by atoms with E-state index in [1.54, 1.807) is 0 Å². The molecule has 0 spiro atoms. The topological polar surface area (TPSA) is 218 Å². The van der Waals surface area contributed by atoms with Crippen molar-refractivity contribution >= 4 is 8.25 Å². The van der Waals surface area contributed by atoms with Crippen molar-refractivity contribution in [3.63, 3.8) is 0 Å². The van der Waals surface area contributed by atoms with Crippen LogP contribution in [0.2, 0.25) is 0 Å². The second-order valence-electron chi connectivity index (χ2n) is 0.238. The maximum absolute atomic E-state index is 8.59. The van der Waals surface area contributed by atoms with E-state index in [1.165, 1.54) is 0 Å². The summed E-state index contributed by atoms with van der Waals surface area (Å²) in [5, 5.41) is 0. The molecule has 8 nitrogen and oxygen atoms in total. The van der Waals surface area contributed by atoms with E-state index >= 15 is 0 Å². The monoisotopic (exact) mass is 193 g/mol. The zero-order valence-electron chi connectivity index (χ0n) is 5.21. The van der Waals surface area contributed by atoms with Crippen LogP contribution < -0.4 is 34.5 Å². The fraction of sp³-hybridized carbons (Fsp3) is 0. The van der Waals surface area contributed by atoms with E-state index in [2.05, 4.69) is 0 Å². The standard InChI is InChI=1S/Na.HO3P.5H2O/c;1-4(2)3;;;;;/h;(H,1,2,3);5*1H2/q+1;;;;;;. The molecule has 1 unspecified atom stereocenters. The molecule has 0 aromatic carbocycles. The van der Waals surface area contributed by atoms with Crippen molar-refractivity contribution in [1.29, 1.82) is 0 Å². The second kappa shape index (κ2) is 52.4. The molecule has 0 saturated heterocycles. The van der Waals surface area contributed by atoms with E-state index in [9.17, 15) is 0 Å². The van der Waals surface area contributed by atoms with E-state index in [0.29, 0.717) is 0 Å². The Kier molecular flexibility index (Phi) is 374. The summed E-state index contributed by atoms with van der Waals surface area (Å²) in [5.41, 5.74) is 0. The normalized spacial score (nSPS) is 4.40. The molecule has 0 saturated carbocycles. The summed E-state index contributed by atoms with van der Waals surface area (Å²) in [5.74, 6) is 0. The first kappa shape index (κ1) is 71.5. The Balaban J connectivity index is -0.00000000300. The van der Waals surface area contributed by atoms with Gasteiger partial charge in [0.25, 0.3) is 0 Å². The molecular formula is H11NaO8P+. The molecule has 0 aliphatic heterocycles. The molecule has 10 heteroatoms. The average molecular weight is 193 g/mol. The van der Waals surface area contributed by atoms with Crippen LogP contribution in [0.4, 0.5) is 0 Å². The smallest absolute Gasteiger partial charge is 0.567 e. The largest absolute Gasteiger partial charge is 1.00 e. The summed E-state index contributed by atoms with van der Waals surface area (Å²) in [6, 6.07) is 0. The molecule has 0 aliphatic carbocycles. The van der Waals surface area contributed by atoms with Gasteiger partial charge in [0.2, 0.25) is 0 Å². The van der Waals surface area contributed by atoms with Crippen molar-refractivity contribution in [2.24, 2.45) is 0 Å². The first-order valence-corrected chi connectivity index (χ1v) is 1.70. The van der Waals surface area contributed by atoms with Gasteiger partial charge in [-0.1, -0.05) is 0 Å². The predicted octanol–water partition coefficient (Wildman–Crippen LogP) is -8.12. The van der Waals surface area contributed by atoms with Gasteiger partial charge in [0.05, 0.1) is 0 Å². The van der Waals surface area contributed by atoms with E-state index in [-0.39, 0.29) is 56.9 Å². The summed E-state index contributed by atoms with van der Waals surface area (Å²) < 4.78 is 8.59. The third-order valence-corrected chi connectivity index (χ3v) is 0. The van der Waals surface area contributed by atoms with Gasteiger partial charge < -0.3 is 32.3 Å². The van der Waals surface area contributed by atoms with Gasteiger partial charge in [-0.25, -0.2) is 0 Å². The molecule has 0 rings (SSSR count). The van der Waals surface area contributed by atoms with Gasteiger partial charge in [-0.15, -0.1) is 0 Å². The Morgan fingerprint density at radius 2 is 1.00 bits per heavy atom. The second-order valence-corrected chi connectivity index (χ2v) is 0.714. The molecule has 1 atom stereocenters. The molecule has 0 fully saturated rings. The maximum atomic E-state index is 8.59. The third-order valence-electron chi connectivity index (χ3n) is 0. The fourth-order valence-electron chi connectivity index (χ4n) is 0. The van der Waals surface area contributed by atoms with Crippen molar-refractivity contribution in [3.8, 4) is 0 Å². The van der Waals surface area contributed by atoms with Crippen LogP contribution in [0.5, 0.6) is 0 Å². The van der Waals surface area contributed by atoms with Crippen molar-refractivity contribution in [2.45, 2.75) is 0 Å². The van der Waals surface area contributed by atoms with Crippen LogP contribution in [-0.2, 0) is 4.57 Å². The summed E-state index contributed by atoms with van der Waals surface area (Å²) in [6.07, 6.45) is 0. The van der Waals surface area contributed by atoms with Gasteiger partial charge in [0.1, 0.15) is 0 Å². The van der Waals surface area contributed by atoms with E-state index < -0.39 is 8.25 Å². The molecule has 0 aromatic rings. The van der Waals surface area contributed by atoms with E-state index in [1.807, 2.05) is 0 Å². The minimum atomic E-state index is -3.12. The van der Waals surface area contributed by atoms with Gasteiger partial charge in [0.15, 0.2) is 0 Å². The fourth-order valence-corrected chi connectivity index (χ4v) is 0. The first-order chi connectivity index (χ1) is 1.73. The molecule has 64 valence electrons. The zero-order valence-corrected chi connectivity index (χ0v) is 8.11. The Bertz CT molecular complexity index is 32.2. The minimum Gasteiger partial charge on any atom is -0.567 e. The molecule has 0 aromatic heterocycles. The molecule has 11 N–H and O–H groups in total.